The van der Waals surface area contributed by atoms with Gasteiger partial charge in [0.25, 0.3) is 5.89 Å². The van der Waals surface area contributed by atoms with Crippen molar-refractivity contribution in [1.82, 2.24) is 30.0 Å². The van der Waals surface area contributed by atoms with Gasteiger partial charge in [-0.2, -0.15) is 14.4 Å². The second-order valence-corrected chi connectivity index (χ2v) is 8.10. The van der Waals surface area contributed by atoms with E-state index < -0.39 is 5.95 Å². The van der Waals surface area contributed by atoms with E-state index in [1.54, 1.807) is 17.0 Å². The molecule has 1 aliphatic heterocycles. The Balaban J connectivity index is 1.36. The van der Waals surface area contributed by atoms with Crippen molar-refractivity contribution >= 4 is 23.4 Å². The number of aromatic nitrogens is 5. The zero-order chi connectivity index (χ0) is 22.7. The third kappa shape index (κ3) is 4.59. The van der Waals surface area contributed by atoms with E-state index in [-0.39, 0.29) is 18.0 Å². The number of pyridine rings is 1. The van der Waals surface area contributed by atoms with Gasteiger partial charge in [0.1, 0.15) is 5.69 Å². The number of fused-ring (bicyclic) bond motifs is 1. The van der Waals surface area contributed by atoms with Gasteiger partial charge in [-0.15, -0.1) is 0 Å². The van der Waals surface area contributed by atoms with Crippen molar-refractivity contribution in [1.29, 1.82) is 0 Å². The Labute approximate surface area is 190 Å². The van der Waals surface area contributed by atoms with Crippen molar-refractivity contribution in [3.8, 4) is 11.6 Å². The molecular weight excluding hydrogens is 437 g/mol. The average molecular weight is 462 g/mol. The lowest BCUT2D eigenvalue weighted by Gasteiger charge is -2.38. The maximum Gasteiger partial charge on any atom is 0.326 e. The van der Waals surface area contributed by atoms with Gasteiger partial charge in [-0.3, -0.25) is 4.90 Å². The number of nitrogens with one attached hydrogen (secondary N) is 1. The number of H-pyrrole nitrogens is 1. The van der Waals surface area contributed by atoms with Gasteiger partial charge in [0, 0.05) is 19.5 Å². The van der Waals surface area contributed by atoms with E-state index in [0.717, 1.165) is 31.4 Å². The molecule has 0 aromatic carbocycles. The molecule has 1 unspecified atom stereocenters. The topological polar surface area (TPSA) is 104 Å². The molecule has 0 saturated heterocycles. The Morgan fingerprint density at radius 1 is 1.19 bits per heavy atom. The van der Waals surface area contributed by atoms with E-state index in [9.17, 15) is 9.18 Å². The first kappa shape index (κ1) is 22.2. The fourth-order valence-electron chi connectivity index (χ4n) is 3.77. The fourth-order valence-corrected chi connectivity index (χ4v) is 3.95. The van der Waals surface area contributed by atoms with E-state index >= 15 is 0 Å². The molecule has 0 aliphatic carbocycles. The highest BCUT2D eigenvalue weighted by atomic mass is 35.5. The molecule has 2 amide bonds. The summed E-state index contributed by atoms with van der Waals surface area (Å²) in [5, 5.41) is 4.24. The second kappa shape index (κ2) is 9.64. The van der Waals surface area contributed by atoms with Crippen LogP contribution in [-0.2, 0) is 6.42 Å². The first-order chi connectivity index (χ1) is 15.5. The summed E-state index contributed by atoms with van der Waals surface area (Å²) in [6, 6.07) is 4.21. The minimum Gasteiger partial charge on any atom is -0.332 e. The molecule has 9 nitrogen and oxygen atoms in total. The van der Waals surface area contributed by atoms with Crippen LogP contribution in [0.15, 0.2) is 22.7 Å². The van der Waals surface area contributed by atoms with Crippen LogP contribution in [-0.4, -0.2) is 49.1 Å². The Morgan fingerprint density at radius 2 is 2.03 bits per heavy atom. The van der Waals surface area contributed by atoms with E-state index in [2.05, 4.69) is 32.0 Å². The number of unbranched alkanes of at least 4 members (excludes halogenated alkanes) is 2. The number of hydrogen-bond donors (Lipinski definition) is 1. The van der Waals surface area contributed by atoms with E-state index in [0.29, 0.717) is 42.1 Å². The lowest BCUT2D eigenvalue weighted by Crippen LogP contribution is -2.49. The number of hydrogen-bond acceptors (Lipinski definition) is 6. The summed E-state index contributed by atoms with van der Waals surface area (Å²) < 4.78 is 18.5. The van der Waals surface area contributed by atoms with Crippen LogP contribution >= 0.6 is 11.6 Å². The predicted molar refractivity (Wildman–Crippen MR) is 117 cm³/mol. The zero-order valence-electron chi connectivity index (χ0n) is 18.0. The van der Waals surface area contributed by atoms with E-state index in [4.69, 9.17) is 16.1 Å². The molecule has 4 heterocycles. The highest BCUT2D eigenvalue weighted by Crippen LogP contribution is 2.36. The number of carbonyl (C=O) groups excluding carboxylic acids is 1. The number of carbonyl (C=O) groups is 1. The molecule has 11 heteroatoms. The smallest absolute Gasteiger partial charge is 0.326 e. The predicted octanol–water partition coefficient (Wildman–Crippen LogP) is 4.77. The number of nitrogens with zero attached hydrogens (tertiary/aromatic N) is 6. The number of rotatable bonds is 9. The molecule has 0 bridgehead atoms. The Morgan fingerprint density at radius 3 is 2.81 bits per heavy atom. The van der Waals surface area contributed by atoms with Gasteiger partial charge < -0.3 is 14.4 Å². The lowest BCUT2D eigenvalue weighted by atomic mass is 10.1. The fraction of sp³-hybridized carbons (Fsp3) is 0.476. The molecule has 3 aromatic rings. The normalized spacial score (nSPS) is 16.0. The summed E-state index contributed by atoms with van der Waals surface area (Å²) >= 11 is 6.09. The van der Waals surface area contributed by atoms with Crippen molar-refractivity contribution < 1.29 is 13.7 Å². The van der Waals surface area contributed by atoms with Gasteiger partial charge in [0.2, 0.25) is 11.2 Å². The van der Waals surface area contributed by atoms with Crippen LogP contribution in [0.2, 0.25) is 5.28 Å². The second-order valence-electron chi connectivity index (χ2n) is 7.74. The first-order valence-electron chi connectivity index (χ1n) is 10.8. The molecule has 0 saturated carbocycles. The molecule has 4 rings (SSSR count). The van der Waals surface area contributed by atoms with Crippen molar-refractivity contribution in [3.63, 3.8) is 0 Å². The summed E-state index contributed by atoms with van der Waals surface area (Å²) in [5.41, 5.74) is 1.16. The maximum absolute atomic E-state index is 13.3. The van der Waals surface area contributed by atoms with Gasteiger partial charge >= 0.3 is 6.03 Å². The largest absolute Gasteiger partial charge is 0.332 e. The van der Waals surface area contributed by atoms with Crippen LogP contribution in [0.3, 0.4) is 0 Å². The summed E-state index contributed by atoms with van der Waals surface area (Å²) in [6.45, 7) is 5.24. The lowest BCUT2D eigenvalue weighted by molar-refractivity contribution is 0.178. The van der Waals surface area contributed by atoms with Crippen LogP contribution in [0.5, 0.6) is 0 Å². The highest BCUT2D eigenvalue weighted by molar-refractivity contribution is 6.28. The third-order valence-electron chi connectivity index (χ3n) is 5.49. The minimum absolute atomic E-state index is 0.0550. The van der Waals surface area contributed by atoms with E-state index in [1.807, 2.05) is 11.8 Å². The van der Waals surface area contributed by atoms with Crippen molar-refractivity contribution in [2.75, 3.05) is 18.0 Å². The third-order valence-corrected chi connectivity index (χ3v) is 5.67. The molecule has 0 spiro atoms. The molecule has 0 fully saturated rings. The van der Waals surface area contributed by atoms with Crippen LogP contribution in [0.25, 0.3) is 11.6 Å². The molecule has 170 valence electrons. The number of aromatic amines is 1. The molecule has 1 atom stereocenters. The molecule has 3 aromatic heterocycles. The average Bonchev–Trinajstić information content (AvgIpc) is 3.40. The Kier molecular flexibility index (Phi) is 6.69. The quantitative estimate of drug-likeness (QED) is 0.363. The molecule has 0 radical (unpaired) electrons. The van der Waals surface area contributed by atoms with E-state index in [1.165, 1.54) is 6.07 Å². The SMILES string of the molecule is CCCCN1C(=O)N(CCCCc2noc(-c3cccc(F)n3)n2)C(C)c2[nH]c(Cl)nc21. The first-order valence-corrected chi connectivity index (χ1v) is 11.1. The summed E-state index contributed by atoms with van der Waals surface area (Å²) in [4.78, 5) is 32.1. The van der Waals surface area contributed by atoms with Crippen LogP contribution < -0.4 is 4.90 Å². The number of amides is 2. The van der Waals surface area contributed by atoms with Crippen LogP contribution in [0, 0.1) is 5.95 Å². The Bertz CT molecular complexity index is 1090. The number of aryl methyl sites for hydroxylation is 1. The van der Waals surface area contributed by atoms with Crippen LogP contribution in [0.4, 0.5) is 15.0 Å². The van der Waals surface area contributed by atoms with Crippen molar-refractivity contribution in [3.05, 3.63) is 40.9 Å². The van der Waals surface area contributed by atoms with Crippen molar-refractivity contribution in [2.45, 2.75) is 52.0 Å². The standard InChI is InChI=1S/C21H25ClFN7O2/c1-3-4-11-30-18-17(26-20(22)27-18)13(2)29(21(30)31)12-6-5-10-16-25-19(32-28-16)14-8-7-9-15(23)24-14/h7-9,13H,3-6,10-12H2,1-2H3,(H,26,27). The van der Waals surface area contributed by atoms with Gasteiger partial charge in [0.05, 0.1) is 11.7 Å². The Hall–Kier alpha value is -3.01. The monoisotopic (exact) mass is 461 g/mol. The molecule has 32 heavy (non-hydrogen) atoms. The maximum atomic E-state index is 13.3. The van der Waals surface area contributed by atoms with Gasteiger partial charge in [-0.1, -0.05) is 24.6 Å². The summed E-state index contributed by atoms with van der Waals surface area (Å²) in [7, 11) is 0. The number of halogens is 2. The summed E-state index contributed by atoms with van der Waals surface area (Å²) in [5.74, 6) is 0.741. The zero-order valence-corrected chi connectivity index (χ0v) is 18.8. The number of anilines is 1. The minimum atomic E-state index is -0.600. The molecule has 1 aliphatic rings. The van der Waals surface area contributed by atoms with Gasteiger partial charge in [0.15, 0.2) is 11.6 Å². The molecule has 1 N–H and O–H groups in total. The number of imidazole rings is 1. The molecular formula is C21H25ClFN7O2. The van der Waals surface area contributed by atoms with Gasteiger partial charge in [-0.05, 0) is 49.9 Å². The number of urea groups is 1. The highest BCUT2D eigenvalue weighted by Gasteiger charge is 2.37. The van der Waals surface area contributed by atoms with Gasteiger partial charge in [-0.25, -0.2) is 9.78 Å². The summed E-state index contributed by atoms with van der Waals surface area (Å²) in [6.07, 6.45) is 3.97. The van der Waals surface area contributed by atoms with Crippen molar-refractivity contribution in [2.24, 2.45) is 0 Å². The van der Waals surface area contributed by atoms with Crippen LogP contribution in [0.1, 0.15) is 57.1 Å².